The second kappa shape index (κ2) is 12.0. The number of aliphatic hydroxyl groups is 1. The fourth-order valence-corrected chi connectivity index (χ4v) is 3.37. The van der Waals surface area contributed by atoms with Crippen LogP contribution < -0.4 is 5.32 Å². The lowest BCUT2D eigenvalue weighted by Crippen LogP contribution is -2.62. The Labute approximate surface area is 169 Å². The summed E-state index contributed by atoms with van der Waals surface area (Å²) in [7, 11) is 1.63. The summed E-state index contributed by atoms with van der Waals surface area (Å²) in [5, 5.41) is 11.0. The molecule has 0 spiro atoms. The molecule has 1 fully saturated rings. The van der Waals surface area contributed by atoms with E-state index in [0.29, 0.717) is 26.2 Å². The molecule has 1 heterocycles. The van der Waals surface area contributed by atoms with Crippen LogP contribution in [0.2, 0.25) is 0 Å². The summed E-state index contributed by atoms with van der Waals surface area (Å²) in [6.45, 7) is 1.11. The summed E-state index contributed by atoms with van der Waals surface area (Å²) in [6, 6.07) is 7.73. The molecule has 9 heteroatoms. The molecular formula is C20H30F2N2O5. The highest BCUT2D eigenvalue weighted by Crippen LogP contribution is 2.32. The third-order valence-corrected chi connectivity index (χ3v) is 4.68. The Kier molecular flexibility index (Phi) is 9.72. The molecule has 2 rings (SSSR count). The summed E-state index contributed by atoms with van der Waals surface area (Å²) < 4.78 is 44.9. The Bertz CT molecular complexity index is 606. The number of amides is 1. The van der Waals surface area contributed by atoms with E-state index >= 15 is 0 Å². The molecule has 0 aromatic heterocycles. The molecule has 7 nitrogen and oxygen atoms in total. The summed E-state index contributed by atoms with van der Waals surface area (Å²) in [5.41, 5.74) is 0.783. The number of rotatable bonds is 11. The van der Waals surface area contributed by atoms with Crippen LogP contribution in [0.3, 0.4) is 0 Å². The van der Waals surface area contributed by atoms with Crippen molar-refractivity contribution in [3.8, 4) is 0 Å². The predicted molar refractivity (Wildman–Crippen MR) is 103 cm³/mol. The fourth-order valence-electron chi connectivity index (χ4n) is 3.37. The van der Waals surface area contributed by atoms with Crippen LogP contribution in [0.15, 0.2) is 30.3 Å². The lowest BCUT2D eigenvalue weighted by atomic mass is 9.87. The molecule has 2 atom stereocenters. The van der Waals surface area contributed by atoms with Crippen molar-refractivity contribution >= 4 is 6.09 Å². The van der Waals surface area contributed by atoms with Gasteiger partial charge in [-0.05, 0) is 19.0 Å². The molecule has 0 aliphatic carbocycles. The molecular weight excluding hydrogens is 386 g/mol. The highest BCUT2D eigenvalue weighted by atomic mass is 19.3. The molecule has 1 saturated heterocycles. The van der Waals surface area contributed by atoms with Crippen molar-refractivity contribution < 1.29 is 32.9 Å². The van der Waals surface area contributed by atoms with Gasteiger partial charge in [0.1, 0.15) is 12.6 Å². The first kappa shape index (κ1) is 23.5. The molecule has 1 aromatic carbocycles. The number of hydrogen-bond donors (Lipinski definition) is 2. The Balaban J connectivity index is 1.84. The van der Waals surface area contributed by atoms with E-state index in [0.717, 1.165) is 5.56 Å². The Morgan fingerprint density at radius 1 is 1.21 bits per heavy atom. The average molecular weight is 416 g/mol. The molecule has 2 N–H and O–H groups in total. The second-order valence-corrected chi connectivity index (χ2v) is 7.14. The van der Waals surface area contributed by atoms with Crippen LogP contribution in [0.4, 0.5) is 13.6 Å². The van der Waals surface area contributed by atoms with Gasteiger partial charge in [-0.2, -0.15) is 0 Å². The first-order chi connectivity index (χ1) is 13.9. The maximum atomic E-state index is 14.6. The standard InChI is InChI=1S/C20H30F2N2O5/c1-24-13-17(7-9-27-11-12-28-10-8-25)18(20(21,22)15-24)23-19(26)29-14-16-5-3-2-4-6-16/h2-6,17-18,25H,7-15H2,1H3,(H,23,26). The van der Waals surface area contributed by atoms with Crippen molar-refractivity contribution in [1.29, 1.82) is 0 Å². The van der Waals surface area contributed by atoms with E-state index in [4.69, 9.17) is 19.3 Å². The van der Waals surface area contributed by atoms with Gasteiger partial charge in [-0.1, -0.05) is 30.3 Å². The number of carbonyl (C=O) groups excluding carboxylic acids is 1. The van der Waals surface area contributed by atoms with Gasteiger partial charge in [0.15, 0.2) is 0 Å². The van der Waals surface area contributed by atoms with Crippen LogP contribution in [-0.2, 0) is 20.8 Å². The molecule has 1 aromatic rings. The molecule has 2 unspecified atom stereocenters. The maximum Gasteiger partial charge on any atom is 0.407 e. The molecule has 29 heavy (non-hydrogen) atoms. The number of halogens is 2. The molecule has 1 aliphatic heterocycles. The number of carbonyl (C=O) groups is 1. The smallest absolute Gasteiger partial charge is 0.407 e. The van der Waals surface area contributed by atoms with Crippen molar-refractivity contribution in [2.75, 3.05) is 53.2 Å². The Hall–Kier alpha value is -1.81. The van der Waals surface area contributed by atoms with Crippen LogP contribution in [0.5, 0.6) is 0 Å². The quantitative estimate of drug-likeness (QED) is 0.537. The lowest BCUT2D eigenvalue weighted by Gasteiger charge is -2.42. The number of nitrogens with one attached hydrogen (secondary N) is 1. The van der Waals surface area contributed by atoms with Crippen LogP contribution in [0, 0.1) is 5.92 Å². The van der Waals surface area contributed by atoms with Crippen LogP contribution in [0.25, 0.3) is 0 Å². The number of hydrogen-bond acceptors (Lipinski definition) is 6. The lowest BCUT2D eigenvalue weighted by molar-refractivity contribution is -0.109. The van der Waals surface area contributed by atoms with E-state index in [9.17, 15) is 13.6 Å². The van der Waals surface area contributed by atoms with Crippen molar-refractivity contribution in [1.82, 2.24) is 10.2 Å². The third kappa shape index (κ3) is 8.22. The van der Waals surface area contributed by atoms with E-state index in [-0.39, 0.29) is 26.4 Å². The van der Waals surface area contributed by atoms with Gasteiger partial charge in [0, 0.05) is 19.1 Å². The fraction of sp³-hybridized carbons (Fsp3) is 0.650. The minimum Gasteiger partial charge on any atom is -0.445 e. The van der Waals surface area contributed by atoms with Gasteiger partial charge in [-0.3, -0.25) is 0 Å². The Morgan fingerprint density at radius 2 is 1.90 bits per heavy atom. The predicted octanol–water partition coefficient (Wildman–Crippen LogP) is 1.89. The van der Waals surface area contributed by atoms with Gasteiger partial charge < -0.3 is 29.5 Å². The van der Waals surface area contributed by atoms with Crippen molar-refractivity contribution in [3.63, 3.8) is 0 Å². The van der Waals surface area contributed by atoms with E-state index in [1.807, 2.05) is 18.2 Å². The number of piperidine rings is 1. The number of benzene rings is 1. The minimum atomic E-state index is -3.08. The van der Waals surface area contributed by atoms with Gasteiger partial charge in [0.25, 0.3) is 5.92 Å². The Morgan fingerprint density at radius 3 is 2.59 bits per heavy atom. The van der Waals surface area contributed by atoms with Gasteiger partial charge in [0.05, 0.1) is 33.0 Å². The molecule has 164 valence electrons. The second-order valence-electron chi connectivity index (χ2n) is 7.14. The molecule has 0 radical (unpaired) electrons. The zero-order valence-corrected chi connectivity index (χ0v) is 16.7. The zero-order valence-electron chi connectivity index (χ0n) is 16.7. The highest BCUT2D eigenvalue weighted by Gasteiger charge is 2.49. The summed E-state index contributed by atoms with van der Waals surface area (Å²) >= 11 is 0. The van der Waals surface area contributed by atoms with Gasteiger partial charge in [-0.25, -0.2) is 13.6 Å². The van der Waals surface area contributed by atoms with Crippen LogP contribution in [-0.4, -0.2) is 81.2 Å². The van der Waals surface area contributed by atoms with Gasteiger partial charge in [-0.15, -0.1) is 0 Å². The van der Waals surface area contributed by atoms with Crippen LogP contribution in [0.1, 0.15) is 12.0 Å². The third-order valence-electron chi connectivity index (χ3n) is 4.68. The number of alkyl carbamates (subject to hydrolysis) is 1. The summed E-state index contributed by atoms with van der Waals surface area (Å²) in [6.07, 6.45) is -0.491. The van der Waals surface area contributed by atoms with Crippen molar-refractivity contribution in [2.24, 2.45) is 5.92 Å². The van der Waals surface area contributed by atoms with Crippen molar-refractivity contribution in [2.45, 2.75) is 25.0 Å². The minimum absolute atomic E-state index is 0.0203. The number of alkyl halides is 2. The van der Waals surface area contributed by atoms with E-state index < -0.39 is 30.5 Å². The van der Waals surface area contributed by atoms with Gasteiger partial charge in [0.2, 0.25) is 0 Å². The number of nitrogens with zero attached hydrogens (tertiary/aromatic N) is 1. The van der Waals surface area contributed by atoms with Crippen molar-refractivity contribution in [3.05, 3.63) is 35.9 Å². The maximum absolute atomic E-state index is 14.6. The number of likely N-dealkylation sites (tertiary alicyclic amines) is 1. The summed E-state index contributed by atoms with van der Waals surface area (Å²) in [4.78, 5) is 13.7. The highest BCUT2D eigenvalue weighted by molar-refractivity contribution is 5.67. The largest absolute Gasteiger partial charge is 0.445 e. The molecule has 1 amide bonds. The molecule has 1 aliphatic rings. The van der Waals surface area contributed by atoms with E-state index in [2.05, 4.69) is 5.32 Å². The average Bonchev–Trinajstić information content (AvgIpc) is 2.68. The topological polar surface area (TPSA) is 80.3 Å². The molecule has 0 bridgehead atoms. The van der Waals surface area contributed by atoms with E-state index in [1.54, 1.807) is 24.1 Å². The van der Waals surface area contributed by atoms with Crippen LogP contribution >= 0.6 is 0 Å². The summed E-state index contributed by atoms with van der Waals surface area (Å²) in [5.74, 6) is -3.56. The SMILES string of the molecule is CN1CC(CCOCCOCCO)C(NC(=O)OCc2ccccc2)C(F)(F)C1. The van der Waals surface area contributed by atoms with Gasteiger partial charge >= 0.3 is 6.09 Å². The molecule has 0 saturated carbocycles. The first-order valence-corrected chi connectivity index (χ1v) is 9.72. The zero-order chi connectivity index (χ0) is 21.1. The normalized spacial score (nSPS) is 21.7. The van der Waals surface area contributed by atoms with E-state index in [1.165, 1.54) is 0 Å². The first-order valence-electron chi connectivity index (χ1n) is 9.72. The monoisotopic (exact) mass is 416 g/mol. The number of ether oxygens (including phenoxy) is 3. The number of aliphatic hydroxyl groups excluding tert-OH is 1.